The van der Waals surface area contributed by atoms with E-state index < -0.39 is 32.6 Å². The summed E-state index contributed by atoms with van der Waals surface area (Å²) < 4.78 is 57.5. The standard InChI is InChI=1S/C11H14BrF2NO3S/c1-18-5-4-9(7-12)15-19(16,17)11-6-8(13)2-3-10(11)14/h2-3,6,9,15H,4-5,7H2,1H3. The first-order valence-corrected chi connectivity index (χ1v) is 8.03. The van der Waals surface area contributed by atoms with Gasteiger partial charge in [-0.1, -0.05) is 15.9 Å². The quantitative estimate of drug-likeness (QED) is 0.759. The number of methoxy groups -OCH3 is 1. The number of ether oxygens (including phenoxy) is 1. The summed E-state index contributed by atoms with van der Waals surface area (Å²) in [5, 5.41) is 0.340. The molecule has 108 valence electrons. The average Bonchev–Trinajstić information content (AvgIpc) is 2.37. The van der Waals surface area contributed by atoms with Gasteiger partial charge in [0.25, 0.3) is 0 Å². The maximum atomic E-state index is 13.4. The highest BCUT2D eigenvalue weighted by Crippen LogP contribution is 2.16. The maximum absolute atomic E-state index is 13.4. The molecule has 0 aliphatic heterocycles. The van der Waals surface area contributed by atoms with E-state index in [-0.39, 0.29) is 0 Å². The van der Waals surface area contributed by atoms with Crippen molar-refractivity contribution in [3.8, 4) is 0 Å². The monoisotopic (exact) mass is 357 g/mol. The molecular weight excluding hydrogens is 344 g/mol. The van der Waals surface area contributed by atoms with Crippen molar-refractivity contribution in [2.45, 2.75) is 17.4 Å². The molecule has 0 aromatic heterocycles. The summed E-state index contributed by atoms with van der Waals surface area (Å²) in [6, 6.07) is 1.83. The zero-order valence-electron chi connectivity index (χ0n) is 10.2. The second-order valence-corrected chi connectivity index (χ2v) is 6.16. The molecule has 19 heavy (non-hydrogen) atoms. The van der Waals surface area contributed by atoms with Crippen molar-refractivity contribution >= 4 is 26.0 Å². The van der Waals surface area contributed by atoms with Crippen LogP contribution in [0.5, 0.6) is 0 Å². The highest BCUT2D eigenvalue weighted by atomic mass is 79.9. The van der Waals surface area contributed by atoms with Gasteiger partial charge in [-0.25, -0.2) is 21.9 Å². The lowest BCUT2D eigenvalue weighted by atomic mass is 10.3. The molecule has 0 aliphatic carbocycles. The van der Waals surface area contributed by atoms with Crippen molar-refractivity contribution in [3.05, 3.63) is 29.8 Å². The minimum Gasteiger partial charge on any atom is -0.385 e. The van der Waals surface area contributed by atoms with Gasteiger partial charge < -0.3 is 4.74 Å². The molecule has 8 heteroatoms. The molecule has 1 atom stereocenters. The Kier molecular flexibility index (Phi) is 6.31. The molecule has 0 fully saturated rings. The van der Waals surface area contributed by atoms with Crippen molar-refractivity contribution in [3.63, 3.8) is 0 Å². The van der Waals surface area contributed by atoms with E-state index in [1.807, 2.05) is 0 Å². The van der Waals surface area contributed by atoms with Gasteiger partial charge in [-0.15, -0.1) is 0 Å². The molecule has 1 aromatic carbocycles. The van der Waals surface area contributed by atoms with Crippen LogP contribution in [0, 0.1) is 11.6 Å². The molecule has 0 heterocycles. The van der Waals surface area contributed by atoms with Crippen LogP contribution in [-0.2, 0) is 14.8 Å². The lowest BCUT2D eigenvalue weighted by Crippen LogP contribution is -2.37. The third kappa shape index (κ3) is 4.79. The number of sulfonamides is 1. The number of halogens is 3. The normalized spacial score (nSPS) is 13.5. The SMILES string of the molecule is COCCC(CBr)NS(=O)(=O)c1cc(F)ccc1F. The summed E-state index contributed by atoms with van der Waals surface area (Å²) in [5.74, 6) is -1.80. The van der Waals surface area contributed by atoms with Crippen molar-refractivity contribution in [1.29, 1.82) is 0 Å². The number of hydrogen-bond acceptors (Lipinski definition) is 3. The molecule has 4 nitrogen and oxygen atoms in total. The Morgan fingerprint density at radius 3 is 2.68 bits per heavy atom. The predicted molar refractivity (Wildman–Crippen MR) is 70.8 cm³/mol. The van der Waals surface area contributed by atoms with Gasteiger partial charge in [-0.2, -0.15) is 0 Å². The highest BCUT2D eigenvalue weighted by molar-refractivity contribution is 9.09. The molecule has 0 saturated heterocycles. The second kappa shape index (κ2) is 7.28. The Morgan fingerprint density at radius 1 is 1.42 bits per heavy atom. The minimum absolute atomic E-state index is 0.340. The fraction of sp³-hybridized carbons (Fsp3) is 0.455. The predicted octanol–water partition coefficient (Wildman–Crippen LogP) is 2.04. The van der Waals surface area contributed by atoms with Gasteiger partial charge in [0.15, 0.2) is 0 Å². The van der Waals surface area contributed by atoms with Gasteiger partial charge >= 0.3 is 0 Å². The minimum atomic E-state index is -4.11. The Morgan fingerprint density at radius 2 is 2.11 bits per heavy atom. The van der Waals surface area contributed by atoms with Crippen LogP contribution in [0.4, 0.5) is 8.78 Å². The number of nitrogens with one attached hydrogen (secondary N) is 1. The number of hydrogen-bond donors (Lipinski definition) is 1. The summed E-state index contributed by atoms with van der Waals surface area (Å²) in [4.78, 5) is -0.698. The van der Waals surface area contributed by atoms with E-state index in [1.165, 1.54) is 7.11 Å². The van der Waals surface area contributed by atoms with Crippen LogP contribution in [-0.4, -0.2) is 33.5 Å². The summed E-state index contributed by atoms with van der Waals surface area (Å²) in [7, 11) is -2.61. The van der Waals surface area contributed by atoms with Gasteiger partial charge in [-0.05, 0) is 24.6 Å². The zero-order chi connectivity index (χ0) is 14.5. The van der Waals surface area contributed by atoms with Crippen molar-refractivity contribution in [1.82, 2.24) is 4.72 Å². The largest absolute Gasteiger partial charge is 0.385 e. The van der Waals surface area contributed by atoms with E-state index in [4.69, 9.17) is 4.74 Å². The number of benzene rings is 1. The molecule has 0 amide bonds. The Bertz CT molecular complexity index is 525. The maximum Gasteiger partial charge on any atom is 0.243 e. The van der Waals surface area contributed by atoms with Gasteiger partial charge in [0.1, 0.15) is 16.5 Å². The van der Waals surface area contributed by atoms with Gasteiger partial charge in [0, 0.05) is 25.1 Å². The van der Waals surface area contributed by atoms with Crippen LogP contribution in [0.2, 0.25) is 0 Å². The molecule has 0 spiro atoms. The van der Waals surface area contributed by atoms with Crippen LogP contribution in [0.3, 0.4) is 0 Å². The van der Waals surface area contributed by atoms with Crippen LogP contribution < -0.4 is 4.72 Å². The summed E-state index contributed by atoms with van der Waals surface area (Å²) in [6.07, 6.45) is 0.415. The average molecular weight is 358 g/mol. The molecule has 0 saturated carbocycles. The molecule has 1 N–H and O–H groups in total. The third-order valence-corrected chi connectivity index (χ3v) is 4.68. The number of alkyl halides is 1. The lowest BCUT2D eigenvalue weighted by molar-refractivity contribution is 0.188. The van der Waals surface area contributed by atoms with Crippen LogP contribution in [0.1, 0.15) is 6.42 Å². The van der Waals surface area contributed by atoms with E-state index in [1.54, 1.807) is 0 Å². The highest BCUT2D eigenvalue weighted by Gasteiger charge is 2.23. The number of rotatable bonds is 7. The molecule has 0 aliphatic rings. The summed E-state index contributed by atoms with van der Waals surface area (Å²) in [6.45, 7) is 0.352. The van der Waals surface area contributed by atoms with Crippen molar-refractivity contribution < 1.29 is 21.9 Å². The molecular formula is C11H14BrF2NO3S. The first-order chi connectivity index (χ1) is 8.90. The van der Waals surface area contributed by atoms with Gasteiger partial charge in [0.05, 0.1) is 0 Å². The molecule has 0 radical (unpaired) electrons. The van der Waals surface area contributed by atoms with Crippen LogP contribution in [0.15, 0.2) is 23.1 Å². The molecule has 1 rings (SSSR count). The molecule has 1 unspecified atom stereocenters. The van der Waals surface area contributed by atoms with Crippen LogP contribution in [0.25, 0.3) is 0 Å². The van der Waals surface area contributed by atoms with Crippen molar-refractivity contribution in [2.75, 3.05) is 19.0 Å². The second-order valence-electron chi connectivity index (χ2n) is 3.83. The van der Waals surface area contributed by atoms with Crippen LogP contribution >= 0.6 is 15.9 Å². The zero-order valence-corrected chi connectivity index (χ0v) is 12.6. The third-order valence-electron chi connectivity index (χ3n) is 2.36. The topological polar surface area (TPSA) is 55.4 Å². The van der Waals surface area contributed by atoms with E-state index in [9.17, 15) is 17.2 Å². The van der Waals surface area contributed by atoms with E-state index in [0.717, 1.165) is 12.1 Å². The van der Waals surface area contributed by atoms with E-state index >= 15 is 0 Å². The van der Waals surface area contributed by atoms with E-state index in [2.05, 4.69) is 20.7 Å². The lowest BCUT2D eigenvalue weighted by Gasteiger charge is -2.16. The Labute approximate surface area is 119 Å². The molecule has 0 bridgehead atoms. The Balaban J connectivity index is 2.93. The fourth-order valence-corrected chi connectivity index (χ4v) is 3.45. The first kappa shape index (κ1) is 16.5. The van der Waals surface area contributed by atoms with Crippen molar-refractivity contribution in [2.24, 2.45) is 0 Å². The van der Waals surface area contributed by atoms with Gasteiger partial charge in [-0.3, -0.25) is 0 Å². The summed E-state index contributed by atoms with van der Waals surface area (Å²) >= 11 is 3.15. The fourth-order valence-electron chi connectivity index (χ4n) is 1.39. The smallest absolute Gasteiger partial charge is 0.243 e. The molecule has 1 aromatic rings. The van der Waals surface area contributed by atoms with E-state index in [0.29, 0.717) is 24.4 Å². The summed E-state index contributed by atoms with van der Waals surface area (Å²) in [5.41, 5.74) is 0. The Hall–Kier alpha value is -0.570. The van der Waals surface area contributed by atoms with Gasteiger partial charge in [0.2, 0.25) is 10.0 Å². The first-order valence-electron chi connectivity index (χ1n) is 5.43.